The first-order chi connectivity index (χ1) is 12.8. The van der Waals surface area contributed by atoms with Crippen molar-refractivity contribution < 1.29 is 14.3 Å². The number of ketones is 1. The van der Waals surface area contributed by atoms with Crippen molar-refractivity contribution in [2.75, 3.05) is 19.7 Å². The van der Waals surface area contributed by atoms with Gasteiger partial charge in [0.25, 0.3) is 5.91 Å². The highest BCUT2D eigenvalue weighted by Gasteiger charge is 2.30. The van der Waals surface area contributed by atoms with Crippen LogP contribution in [0, 0.1) is 0 Å². The molecule has 5 heteroatoms. The number of halogens is 1. The highest BCUT2D eigenvalue weighted by Crippen LogP contribution is 2.25. The Bertz CT molecular complexity index is 822. The first kappa shape index (κ1) is 19.8. The van der Waals surface area contributed by atoms with Crippen LogP contribution in [0.4, 0.5) is 0 Å². The van der Waals surface area contributed by atoms with E-state index in [2.05, 4.69) is 36.7 Å². The normalized spacial score (nSPS) is 17.6. The maximum absolute atomic E-state index is 12.7. The molecule has 0 saturated carbocycles. The number of hydrogen-bond acceptors (Lipinski definition) is 3. The van der Waals surface area contributed by atoms with Crippen molar-refractivity contribution in [2.24, 2.45) is 0 Å². The highest BCUT2D eigenvalue weighted by molar-refractivity contribution is 9.10. The molecule has 0 spiro atoms. The molecule has 0 aliphatic carbocycles. The Hall–Kier alpha value is -1.98. The molecular formula is C22H24BrNO3. The predicted octanol–water partition coefficient (Wildman–Crippen LogP) is 4.53. The molecule has 27 heavy (non-hydrogen) atoms. The molecule has 1 saturated heterocycles. The number of rotatable bonds is 3. The molecule has 0 N–H and O–H groups in total. The van der Waals surface area contributed by atoms with E-state index >= 15 is 0 Å². The maximum Gasteiger partial charge on any atom is 0.295 e. The average molecular weight is 430 g/mol. The Labute approximate surface area is 168 Å². The van der Waals surface area contributed by atoms with Crippen LogP contribution in [-0.2, 0) is 14.9 Å². The first-order valence-corrected chi connectivity index (χ1v) is 9.86. The van der Waals surface area contributed by atoms with E-state index in [4.69, 9.17) is 4.74 Å². The number of benzene rings is 2. The molecule has 1 unspecified atom stereocenters. The SMILES string of the molecule is CC(C)(C)c1ccc(C(=O)C(=O)N2CCOC(c3ccc(Br)cc3)C2)cc1. The van der Waals surface area contributed by atoms with Gasteiger partial charge in [0.2, 0.25) is 5.78 Å². The summed E-state index contributed by atoms with van der Waals surface area (Å²) in [7, 11) is 0. The summed E-state index contributed by atoms with van der Waals surface area (Å²) in [6.45, 7) is 7.58. The third-order valence-corrected chi connectivity index (χ3v) is 5.33. The number of Topliss-reactive ketones (excluding diaryl/α,β-unsaturated/α-hetero) is 1. The molecule has 2 aromatic carbocycles. The number of hydrogen-bond donors (Lipinski definition) is 0. The van der Waals surface area contributed by atoms with Crippen molar-refractivity contribution in [2.45, 2.75) is 32.3 Å². The van der Waals surface area contributed by atoms with Gasteiger partial charge in [-0.2, -0.15) is 0 Å². The average Bonchev–Trinajstić information content (AvgIpc) is 2.67. The lowest BCUT2D eigenvalue weighted by Crippen LogP contribution is -2.45. The first-order valence-electron chi connectivity index (χ1n) is 9.07. The van der Waals surface area contributed by atoms with Gasteiger partial charge in [-0.1, -0.05) is 73.1 Å². The topological polar surface area (TPSA) is 46.6 Å². The number of amides is 1. The number of morpholine rings is 1. The molecule has 2 aromatic rings. The van der Waals surface area contributed by atoms with Gasteiger partial charge in [-0.3, -0.25) is 9.59 Å². The van der Waals surface area contributed by atoms with Gasteiger partial charge >= 0.3 is 0 Å². The zero-order valence-electron chi connectivity index (χ0n) is 15.9. The molecule has 1 aliphatic heterocycles. The molecule has 1 amide bonds. The third-order valence-electron chi connectivity index (χ3n) is 4.80. The summed E-state index contributed by atoms with van der Waals surface area (Å²) in [5, 5.41) is 0. The van der Waals surface area contributed by atoms with Crippen molar-refractivity contribution >= 4 is 27.6 Å². The van der Waals surface area contributed by atoms with Gasteiger partial charge in [-0.15, -0.1) is 0 Å². The molecule has 1 heterocycles. The Morgan fingerprint density at radius 3 is 2.26 bits per heavy atom. The Morgan fingerprint density at radius 2 is 1.67 bits per heavy atom. The van der Waals surface area contributed by atoms with E-state index in [0.717, 1.165) is 15.6 Å². The second kappa shape index (κ2) is 7.95. The Balaban J connectivity index is 1.71. The van der Waals surface area contributed by atoms with Gasteiger partial charge in [-0.05, 0) is 28.7 Å². The molecule has 3 rings (SSSR count). The predicted molar refractivity (Wildman–Crippen MR) is 109 cm³/mol. The molecular weight excluding hydrogens is 406 g/mol. The van der Waals surface area contributed by atoms with E-state index in [1.54, 1.807) is 17.0 Å². The summed E-state index contributed by atoms with van der Waals surface area (Å²) in [5.41, 5.74) is 2.57. The molecule has 1 fully saturated rings. The minimum atomic E-state index is -0.469. The Morgan fingerprint density at radius 1 is 1.04 bits per heavy atom. The molecule has 1 atom stereocenters. The van der Waals surface area contributed by atoms with Crippen LogP contribution in [0.2, 0.25) is 0 Å². The molecule has 4 nitrogen and oxygen atoms in total. The van der Waals surface area contributed by atoms with Gasteiger partial charge in [0, 0.05) is 16.6 Å². The van der Waals surface area contributed by atoms with E-state index in [9.17, 15) is 9.59 Å². The quantitative estimate of drug-likeness (QED) is 0.531. The van der Waals surface area contributed by atoms with Crippen LogP contribution >= 0.6 is 15.9 Å². The summed E-state index contributed by atoms with van der Waals surface area (Å²) >= 11 is 3.42. The maximum atomic E-state index is 12.7. The lowest BCUT2D eigenvalue weighted by atomic mass is 9.86. The zero-order valence-corrected chi connectivity index (χ0v) is 17.5. The summed E-state index contributed by atoms with van der Waals surface area (Å²) < 4.78 is 6.79. The fourth-order valence-corrected chi connectivity index (χ4v) is 3.37. The molecule has 142 valence electrons. The minimum absolute atomic E-state index is 0.00763. The molecule has 0 bridgehead atoms. The van der Waals surface area contributed by atoms with E-state index in [1.807, 2.05) is 36.4 Å². The van der Waals surface area contributed by atoms with Crippen molar-refractivity contribution in [3.8, 4) is 0 Å². The van der Waals surface area contributed by atoms with Crippen molar-refractivity contribution in [1.82, 2.24) is 4.90 Å². The van der Waals surface area contributed by atoms with Crippen LogP contribution in [0.1, 0.15) is 48.4 Å². The van der Waals surface area contributed by atoms with E-state index in [-0.39, 0.29) is 11.5 Å². The van der Waals surface area contributed by atoms with Gasteiger partial charge in [-0.25, -0.2) is 0 Å². The van der Waals surface area contributed by atoms with E-state index < -0.39 is 11.7 Å². The smallest absolute Gasteiger partial charge is 0.295 e. The minimum Gasteiger partial charge on any atom is -0.370 e. The summed E-state index contributed by atoms with van der Waals surface area (Å²) in [6, 6.07) is 15.2. The van der Waals surface area contributed by atoms with Crippen LogP contribution in [0.15, 0.2) is 53.0 Å². The lowest BCUT2D eigenvalue weighted by molar-refractivity contribution is -0.134. The number of carbonyl (C=O) groups excluding carboxylic acids is 2. The molecule has 0 aromatic heterocycles. The fraction of sp³-hybridized carbons (Fsp3) is 0.364. The van der Waals surface area contributed by atoms with Gasteiger partial charge < -0.3 is 9.64 Å². The van der Waals surface area contributed by atoms with Gasteiger partial charge in [0.1, 0.15) is 6.10 Å². The zero-order chi connectivity index (χ0) is 19.6. The summed E-state index contributed by atoms with van der Waals surface area (Å²) in [5.74, 6) is -0.934. The Kier molecular flexibility index (Phi) is 5.82. The van der Waals surface area contributed by atoms with Crippen molar-refractivity contribution in [3.63, 3.8) is 0 Å². The van der Waals surface area contributed by atoms with E-state index in [1.165, 1.54) is 0 Å². The van der Waals surface area contributed by atoms with Crippen LogP contribution in [0.25, 0.3) is 0 Å². The number of carbonyl (C=O) groups is 2. The van der Waals surface area contributed by atoms with Crippen LogP contribution in [0.3, 0.4) is 0 Å². The highest BCUT2D eigenvalue weighted by atomic mass is 79.9. The molecule has 1 aliphatic rings. The second-order valence-corrected chi connectivity index (χ2v) is 8.73. The number of nitrogens with zero attached hydrogens (tertiary/aromatic N) is 1. The van der Waals surface area contributed by atoms with Crippen LogP contribution in [0.5, 0.6) is 0 Å². The largest absolute Gasteiger partial charge is 0.370 e. The summed E-state index contributed by atoms with van der Waals surface area (Å²) in [6.07, 6.45) is -0.216. The monoisotopic (exact) mass is 429 g/mol. The molecule has 0 radical (unpaired) electrons. The lowest BCUT2D eigenvalue weighted by Gasteiger charge is -2.32. The van der Waals surface area contributed by atoms with E-state index in [0.29, 0.717) is 25.3 Å². The third kappa shape index (κ3) is 4.66. The summed E-state index contributed by atoms with van der Waals surface area (Å²) in [4.78, 5) is 27.0. The van der Waals surface area contributed by atoms with Crippen LogP contribution in [-0.4, -0.2) is 36.3 Å². The number of ether oxygens (including phenoxy) is 1. The van der Waals surface area contributed by atoms with Crippen molar-refractivity contribution in [1.29, 1.82) is 0 Å². The van der Waals surface area contributed by atoms with Gasteiger partial charge in [0.05, 0.1) is 13.2 Å². The standard InChI is InChI=1S/C22H24BrNO3/c1-22(2,3)17-8-4-16(5-9-17)20(25)21(26)24-12-13-27-19(14-24)15-6-10-18(23)11-7-15/h4-11,19H,12-14H2,1-3H3. The van der Waals surface area contributed by atoms with Gasteiger partial charge in [0.15, 0.2) is 0 Å². The van der Waals surface area contributed by atoms with Crippen molar-refractivity contribution in [3.05, 3.63) is 69.7 Å². The second-order valence-electron chi connectivity index (χ2n) is 7.82. The van der Waals surface area contributed by atoms with Crippen LogP contribution < -0.4 is 0 Å². The fourth-order valence-electron chi connectivity index (χ4n) is 3.10.